The van der Waals surface area contributed by atoms with Crippen LogP contribution in [0.4, 0.5) is 0 Å². The van der Waals surface area contributed by atoms with Crippen LogP contribution in [0.25, 0.3) is 0 Å². The van der Waals surface area contributed by atoms with Crippen molar-refractivity contribution in [3.63, 3.8) is 0 Å². The van der Waals surface area contributed by atoms with Crippen LogP contribution in [0.3, 0.4) is 0 Å². The molecule has 0 aliphatic carbocycles. The van der Waals surface area contributed by atoms with E-state index in [1.807, 2.05) is 0 Å². The SMILES string of the molecule is OPOCCCCOCC1OC(OC2OC(OCC3OC(OCCCCC[OH2+])C(O)OC3O)C(O)C(O)C2O)C(O)C(O)C1O. The molecule has 3 saturated heterocycles. The Morgan fingerprint density at radius 1 is 0.533 bits per heavy atom. The Morgan fingerprint density at radius 2 is 1.16 bits per heavy atom. The molecule has 45 heavy (non-hydrogen) atoms. The van der Waals surface area contributed by atoms with Crippen LogP contribution in [0.5, 0.6) is 0 Å². The number of unbranched alkanes of at least 4 members (excludes halogenated alkanes) is 3. The minimum Gasteiger partial charge on any atom is -0.445 e. The van der Waals surface area contributed by atoms with Crippen molar-refractivity contribution in [3.8, 4) is 0 Å². The summed E-state index contributed by atoms with van der Waals surface area (Å²) in [6, 6.07) is 0. The Bertz CT molecular complexity index is 803. The van der Waals surface area contributed by atoms with Crippen molar-refractivity contribution in [1.29, 1.82) is 0 Å². The summed E-state index contributed by atoms with van der Waals surface area (Å²) in [5.74, 6) is 0. The van der Waals surface area contributed by atoms with E-state index in [0.29, 0.717) is 32.3 Å². The van der Waals surface area contributed by atoms with Crippen molar-refractivity contribution >= 4 is 9.03 Å². The second-order valence-corrected chi connectivity index (χ2v) is 11.2. The molecule has 15 unspecified atom stereocenters. The molecule has 19 nitrogen and oxygen atoms in total. The van der Waals surface area contributed by atoms with Crippen LogP contribution in [0, 0.1) is 0 Å². The molecule has 0 radical (unpaired) electrons. The lowest BCUT2D eigenvalue weighted by Gasteiger charge is -2.45. The van der Waals surface area contributed by atoms with Gasteiger partial charge < -0.3 is 93.3 Å². The van der Waals surface area contributed by atoms with Gasteiger partial charge in [-0.1, -0.05) is 0 Å². The standard InChI is InChI=1S/C25H47O19P/c26-6-2-1-3-8-37-25-21(34)42-20(33)13(41-25)11-38-22-17(30)16(29)19(32)24(43-22)44-23-18(31)15(28)14(27)12(40-23)10-36-7-4-5-9-39-45-35/h12-35,45H,1-11H2/p+1. The fourth-order valence-corrected chi connectivity index (χ4v) is 4.86. The minimum atomic E-state index is -1.88. The van der Waals surface area contributed by atoms with Crippen molar-refractivity contribution in [1.82, 2.24) is 0 Å². The van der Waals surface area contributed by atoms with Gasteiger partial charge in [-0.3, -0.25) is 0 Å². The molecule has 3 rings (SSSR count). The average molecular weight is 684 g/mol. The molecule has 0 aromatic carbocycles. The van der Waals surface area contributed by atoms with E-state index in [1.165, 1.54) is 0 Å². The fraction of sp³-hybridized carbons (Fsp3) is 1.00. The lowest BCUT2D eigenvalue weighted by Crippen LogP contribution is -2.64. The first kappa shape index (κ1) is 39.1. The van der Waals surface area contributed by atoms with Crippen LogP contribution in [-0.4, -0.2) is 177 Å². The highest BCUT2D eigenvalue weighted by Gasteiger charge is 2.50. The number of aliphatic hydroxyl groups excluding tert-OH is 8. The molecule has 3 aliphatic heterocycles. The molecule has 0 aromatic heterocycles. The van der Waals surface area contributed by atoms with E-state index in [1.54, 1.807) is 0 Å². The molecular weight excluding hydrogens is 635 g/mol. The topological polar surface area (TPSA) is 288 Å². The molecular formula is C25H48O19P+. The average Bonchev–Trinajstić information content (AvgIpc) is 3.02. The summed E-state index contributed by atoms with van der Waals surface area (Å²) < 4.78 is 48.4. The number of hydrogen-bond donors (Lipinski definition) is 9. The molecule has 266 valence electrons. The van der Waals surface area contributed by atoms with Gasteiger partial charge in [0, 0.05) is 19.6 Å². The Labute approximate surface area is 261 Å². The zero-order valence-electron chi connectivity index (χ0n) is 24.6. The van der Waals surface area contributed by atoms with Crippen LogP contribution in [0.2, 0.25) is 0 Å². The summed E-state index contributed by atoms with van der Waals surface area (Å²) in [5, 5.41) is 89.9. The van der Waals surface area contributed by atoms with Crippen molar-refractivity contribution in [2.75, 3.05) is 39.6 Å². The summed E-state index contributed by atoms with van der Waals surface area (Å²) in [5.41, 5.74) is 0. The molecule has 3 heterocycles. The van der Waals surface area contributed by atoms with Gasteiger partial charge in [0.15, 0.2) is 34.2 Å². The first-order valence-electron chi connectivity index (χ1n) is 14.8. The smallest absolute Gasteiger partial charge is 0.209 e. The van der Waals surface area contributed by atoms with Gasteiger partial charge in [0.2, 0.25) is 12.6 Å². The normalized spacial score (nSPS) is 41.2. The van der Waals surface area contributed by atoms with Crippen molar-refractivity contribution < 1.29 is 93.3 Å². The monoisotopic (exact) mass is 683 g/mol. The number of rotatable bonds is 19. The highest BCUT2D eigenvalue weighted by molar-refractivity contribution is 7.24. The maximum Gasteiger partial charge on any atom is 0.209 e. The predicted octanol–water partition coefficient (Wildman–Crippen LogP) is -4.80. The molecule has 11 N–H and O–H groups in total. The van der Waals surface area contributed by atoms with Gasteiger partial charge in [0.05, 0.1) is 19.8 Å². The van der Waals surface area contributed by atoms with Crippen LogP contribution >= 0.6 is 9.03 Å². The van der Waals surface area contributed by atoms with Gasteiger partial charge in [-0.25, -0.2) is 0 Å². The maximum absolute atomic E-state index is 10.5. The Morgan fingerprint density at radius 3 is 1.87 bits per heavy atom. The number of hydrogen-bond acceptors (Lipinski definition) is 18. The number of aliphatic hydroxyl groups is 8. The summed E-state index contributed by atoms with van der Waals surface area (Å²) >= 11 is 0. The molecule has 0 spiro atoms. The summed E-state index contributed by atoms with van der Waals surface area (Å²) in [7, 11) is -0.609. The van der Waals surface area contributed by atoms with Gasteiger partial charge >= 0.3 is 0 Å². The second-order valence-electron chi connectivity index (χ2n) is 10.7. The lowest BCUT2D eigenvalue weighted by atomic mass is 9.99. The molecule has 3 aliphatic rings. The van der Waals surface area contributed by atoms with Crippen molar-refractivity contribution in [3.05, 3.63) is 0 Å². The van der Waals surface area contributed by atoms with E-state index in [9.17, 15) is 40.9 Å². The third-order valence-electron chi connectivity index (χ3n) is 7.26. The summed E-state index contributed by atoms with van der Waals surface area (Å²) in [4.78, 5) is 8.65. The van der Waals surface area contributed by atoms with E-state index in [0.717, 1.165) is 6.42 Å². The zero-order chi connectivity index (χ0) is 32.9. The Balaban J connectivity index is 1.53. The van der Waals surface area contributed by atoms with Crippen LogP contribution in [-0.2, 0) is 42.4 Å². The lowest BCUT2D eigenvalue weighted by molar-refractivity contribution is -0.412. The molecule has 0 amide bonds. The Kier molecular flexibility index (Phi) is 17.6. The van der Waals surface area contributed by atoms with Gasteiger partial charge in [-0.15, -0.1) is 0 Å². The summed E-state index contributed by atoms with van der Waals surface area (Å²) in [6.45, 7) is 0.338. The summed E-state index contributed by atoms with van der Waals surface area (Å²) in [6.07, 6.45) is -19.6. The first-order chi connectivity index (χ1) is 21.6. The molecule has 0 saturated carbocycles. The minimum absolute atomic E-state index is 0.192. The third kappa shape index (κ3) is 11.7. The van der Waals surface area contributed by atoms with E-state index in [-0.39, 0.29) is 26.4 Å². The van der Waals surface area contributed by atoms with E-state index in [2.05, 4.69) is 0 Å². The number of ether oxygens (including phenoxy) is 8. The first-order valence-corrected chi connectivity index (χ1v) is 15.6. The molecule has 3 fully saturated rings. The molecule has 0 aromatic rings. The largest absolute Gasteiger partial charge is 0.445 e. The highest BCUT2D eigenvalue weighted by Crippen LogP contribution is 2.29. The van der Waals surface area contributed by atoms with Crippen LogP contribution < -0.4 is 0 Å². The quantitative estimate of drug-likeness (QED) is 0.0351. The van der Waals surface area contributed by atoms with Crippen molar-refractivity contribution in [2.24, 2.45) is 0 Å². The van der Waals surface area contributed by atoms with Crippen molar-refractivity contribution in [2.45, 2.75) is 119 Å². The van der Waals surface area contributed by atoms with Crippen LogP contribution in [0.15, 0.2) is 0 Å². The van der Waals surface area contributed by atoms with Crippen LogP contribution in [0.1, 0.15) is 32.1 Å². The second kappa shape index (κ2) is 20.2. The highest BCUT2D eigenvalue weighted by atomic mass is 31.1. The van der Waals surface area contributed by atoms with Gasteiger partial charge in [-0.2, -0.15) is 0 Å². The Hall–Kier alpha value is -0.330. The third-order valence-corrected chi connectivity index (χ3v) is 7.59. The molecule has 0 bridgehead atoms. The molecule has 15 atom stereocenters. The van der Waals surface area contributed by atoms with E-state index in [4.69, 9.17) is 52.4 Å². The maximum atomic E-state index is 10.5. The molecule has 20 heteroatoms. The predicted molar refractivity (Wildman–Crippen MR) is 147 cm³/mol. The van der Waals surface area contributed by atoms with Gasteiger partial charge in [0.25, 0.3) is 0 Å². The fourth-order valence-electron chi connectivity index (χ4n) is 4.63. The van der Waals surface area contributed by atoms with Gasteiger partial charge in [0.1, 0.15) is 55.4 Å². The van der Waals surface area contributed by atoms with Gasteiger partial charge in [-0.05, 0) is 25.7 Å². The zero-order valence-corrected chi connectivity index (χ0v) is 25.6. The van der Waals surface area contributed by atoms with E-state index >= 15 is 0 Å². The van der Waals surface area contributed by atoms with E-state index < -0.39 is 102 Å².